The summed E-state index contributed by atoms with van der Waals surface area (Å²) >= 11 is 2.05. The Morgan fingerprint density at radius 1 is 0.909 bits per heavy atom. The van der Waals surface area contributed by atoms with Crippen LogP contribution in [0.5, 0.6) is 0 Å². The van der Waals surface area contributed by atoms with E-state index in [1.165, 1.54) is 6.07 Å². The molecular weight excluding hydrogens is 395 g/mol. The molecule has 0 amide bonds. The Hall–Kier alpha value is -1.89. The van der Waals surface area contributed by atoms with Crippen LogP contribution in [0.3, 0.4) is 0 Å². The van der Waals surface area contributed by atoms with Crippen molar-refractivity contribution in [2.75, 3.05) is 0 Å². The molecule has 2 aromatic rings. The van der Waals surface area contributed by atoms with Gasteiger partial charge in [-0.3, -0.25) is 0 Å². The lowest BCUT2D eigenvalue weighted by Crippen LogP contribution is -2.12. The Kier molecular flexibility index (Phi) is 4.55. The van der Waals surface area contributed by atoms with Crippen LogP contribution in [0.15, 0.2) is 24.3 Å². The molecule has 0 unspecified atom stereocenters. The summed E-state index contributed by atoms with van der Waals surface area (Å²) in [6.07, 6.45) is 0. The standard InChI is InChI=1S/C17H15IO4/c1-8-6-9(2)13(10(3)7-8)15-12(18)5-4-11(16(19)20)14(15)17(21)22/h4-7H,1-3H3,(H,19,20)(H,21,22). The molecule has 114 valence electrons. The fourth-order valence-corrected chi connectivity index (χ4v) is 3.52. The number of carboxylic acids is 2. The molecule has 0 heterocycles. The molecule has 0 saturated carbocycles. The number of aromatic carboxylic acids is 2. The van der Waals surface area contributed by atoms with Gasteiger partial charge in [-0.2, -0.15) is 0 Å². The van der Waals surface area contributed by atoms with E-state index in [-0.39, 0.29) is 11.1 Å². The second-order valence-corrected chi connectivity index (χ2v) is 6.39. The van der Waals surface area contributed by atoms with Gasteiger partial charge in [0.15, 0.2) is 0 Å². The van der Waals surface area contributed by atoms with Crippen LogP contribution in [-0.2, 0) is 0 Å². The van der Waals surface area contributed by atoms with Gasteiger partial charge in [0.2, 0.25) is 0 Å². The van der Waals surface area contributed by atoms with Crippen LogP contribution in [0, 0.1) is 24.3 Å². The second kappa shape index (κ2) is 6.08. The molecule has 4 nitrogen and oxygen atoms in total. The number of aryl methyl sites for hydroxylation is 3. The minimum atomic E-state index is -1.24. The quantitative estimate of drug-likeness (QED) is 0.741. The van der Waals surface area contributed by atoms with Crippen LogP contribution in [0.25, 0.3) is 11.1 Å². The maximum absolute atomic E-state index is 11.7. The van der Waals surface area contributed by atoms with Crippen molar-refractivity contribution in [3.05, 3.63) is 55.7 Å². The lowest BCUT2D eigenvalue weighted by atomic mass is 9.89. The lowest BCUT2D eigenvalue weighted by molar-refractivity contribution is 0.0652. The third-order valence-corrected chi connectivity index (χ3v) is 4.42. The van der Waals surface area contributed by atoms with Gasteiger partial charge in [0.1, 0.15) is 0 Å². The summed E-state index contributed by atoms with van der Waals surface area (Å²) in [5.41, 5.74) is 3.86. The minimum Gasteiger partial charge on any atom is -0.478 e. The van der Waals surface area contributed by atoms with E-state index in [0.29, 0.717) is 5.56 Å². The highest BCUT2D eigenvalue weighted by atomic mass is 127. The first kappa shape index (κ1) is 16.5. The average molecular weight is 410 g/mol. The summed E-state index contributed by atoms with van der Waals surface area (Å²) in [5, 5.41) is 18.8. The minimum absolute atomic E-state index is 0.158. The maximum atomic E-state index is 11.7. The molecule has 0 aromatic heterocycles. The average Bonchev–Trinajstić information content (AvgIpc) is 2.38. The summed E-state index contributed by atoms with van der Waals surface area (Å²) in [7, 11) is 0. The molecule has 0 fully saturated rings. The topological polar surface area (TPSA) is 74.6 Å². The van der Waals surface area contributed by atoms with Crippen LogP contribution >= 0.6 is 22.6 Å². The van der Waals surface area contributed by atoms with Crippen molar-refractivity contribution in [1.29, 1.82) is 0 Å². The molecule has 2 aromatic carbocycles. The molecule has 5 heteroatoms. The number of carboxylic acid groups (broad SMARTS) is 2. The summed E-state index contributed by atoms with van der Waals surface area (Å²) < 4.78 is 0.718. The van der Waals surface area contributed by atoms with Gasteiger partial charge in [-0.15, -0.1) is 0 Å². The fourth-order valence-electron chi connectivity index (χ4n) is 2.80. The van der Waals surface area contributed by atoms with Crippen molar-refractivity contribution in [2.24, 2.45) is 0 Å². The Bertz CT molecular complexity index is 770. The van der Waals surface area contributed by atoms with E-state index in [1.807, 2.05) is 55.5 Å². The molecule has 2 N–H and O–H groups in total. The molecule has 0 atom stereocenters. The zero-order valence-electron chi connectivity index (χ0n) is 12.4. The third-order valence-electron chi connectivity index (χ3n) is 3.53. The van der Waals surface area contributed by atoms with E-state index in [4.69, 9.17) is 0 Å². The summed E-state index contributed by atoms with van der Waals surface area (Å²) in [6.45, 7) is 5.79. The zero-order valence-corrected chi connectivity index (χ0v) is 14.6. The van der Waals surface area contributed by atoms with Crippen LogP contribution in [0.4, 0.5) is 0 Å². The van der Waals surface area contributed by atoms with Crippen molar-refractivity contribution < 1.29 is 19.8 Å². The molecule has 2 rings (SSSR count). The number of hydrogen-bond donors (Lipinski definition) is 2. The molecule has 0 aliphatic heterocycles. The van der Waals surface area contributed by atoms with Gasteiger partial charge in [0.05, 0.1) is 11.1 Å². The van der Waals surface area contributed by atoms with Crippen molar-refractivity contribution >= 4 is 34.5 Å². The van der Waals surface area contributed by atoms with Crippen LogP contribution in [-0.4, -0.2) is 22.2 Å². The van der Waals surface area contributed by atoms with E-state index in [2.05, 4.69) is 0 Å². The van der Waals surface area contributed by atoms with Gasteiger partial charge >= 0.3 is 11.9 Å². The van der Waals surface area contributed by atoms with Gasteiger partial charge in [0, 0.05) is 9.13 Å². The monoisotopic (exact) mass is 410 g/mol. The van der Waals surface area contributed by atoms with Crippen LogP contribution in [0.1, 0.15) is 37.4 Å². The van der Waals surface area contributed by atoms with Crippen molar-refractivity contribution in [2.45, 2.75) is 20.8 Å². The summed E-state index contributed by atoms with van der Waals surface area (Å²) in [4.78, 5) is 23.1. The van der Waals surface area contributed by atoms with Gasteiger partial charge in [-0.05, 0) is 72.2 Å². The first-order valence-electron chi connectivity index (χ1n) is 6.61. The Balaban J connectivity index is 2.95. The number of halogens is 1. The highest BCUT2D eigenvalue weighted by Gasteiger charge is 2.25. The Labute approximate surface area is 141 Å². The number of hydrogen-bond acceptors (Lipinski definition) is 2. The molecule has 0 radical (unpaired) electrons. The highest BCUT2D eigenvalue weighted by Crippen LogP contribution is 2.36. The molecule has 0 saturated heterocycles. The first-order valence-corrected chi connectivity index (χ1v) is 7.69. The Morgan fingerprint density at radius 2 is 1.45 bits per heavy atom. The third kappa shape index (κ3) is 2.85. The number of carbonyl (C=O) groups is 2. The summed E-state index contributed by atoms with van der Waals surface area (Å²) in [6, 6.07) is 6.93. The smallest absolute Gasteiger partial charge is 0.337 e. The largest absolute Gasteiger partial charge is 0.478 e. The van der Waals surface area contributed by atoms with Crippen LogP contribution in [0.2, 0.25) is 0 Å². The summed E-state index contributed by atoms with van der Waals surface area (Å²) in [5.74, 6) is -2.47. The molecule has 0 aliphatic carbocycles. The van der Waals surface area contributed by atoms with Gasteiger partial charge in [-0.1, -0.05) is 17.7 Å². The van der Waals surface area contributed by atoms with Gasteiger partial charge < -0.3 is 10.2 Å². The predicted octanol–water partition coefficient (Wildman–Crippen LogP) is 4.28. The van der Waals surface area contributed by atoms with E-state index < -0.39 is 11.9 Å². The zero-order chi connectivity index (χ0) is 16.6. The molecule has 22 heavy (non-hydrogen) atoms. The van der Waals surface area contributed by atoms with Gasteiger partial charge in [0.25, 0.3) is 0 Å². The Morgan fingerprint density at radius 3 is 1.91 bits per heavy atom. The molecular formula is C17H15IO4. The fraction of sp³-hybridized carbons (Fsp3) is 0.176. The molecule has 0 aliphatic rings. The first-order chi connectivity index (χ1) is 10.2. The SMILES string of the molecule is Cc1cc(C)c(-c2c(I)ccc(C(=O)O)c2C(=O)O)c(C)c1. The van der Waals surface area contributed by atoms with E-state index in [0.717, 1.165) is 25.8 Å². The van der Waals surface area contributed by atoms with Crippen molar-refractivity contribution in [1.82, 2.24) is 0 Å². The predicted molar refractivity (Wildman–Crippen MR) is 92.7 cm³/mol. The van der Waals surface area contributed by atoms with E-state index in [1.54, 1.807) is 6.07 Å². The van der Waals surface area contributed by atoms with Crippen LogP contribution < -0.4 is 0 Å². The normalized spacial score (nSPS) is 10.5. The second-order valence-electron chi connectivity index (χ2n) is 5.23. The van der Waals surface area contributed by atoms with E-state index in [9.17, 15) is 19.8 Å². The molecule has 0 bridgehead atoms. The maximum Gasteiger partial charge on any atom is 0.337 e. The van der Waals surface area contributed by atoms with E-state index >= 15 is 0 Å². The number of benzene rings is 2. The van der Waals surface area contributed by atoms with Crippen molar-refractivity contribution in [3.63, 3.8) is 0 Å². The number of rotatable bonds is 3. The van der Waals surface area contributed by atoms with Gasteiger partial charge in [-0.25, -0.2) is 9.59 Å². The van der Waals surface area contributed by atoms with Crippen molar-refractivity contribution in [3.8, 4) is 11.1 Å². The highest BCUT2D eigenvalue weighted by molar-refractivity contribution is 14.1. The lowest BCUT2D eigenvalue weighted by Gasteiger charge is -2.17. The molecule has 0 spiro atoms.